The molecule has 0 spiro atoms. The fourth-order valence-corrected chi connectivity index (χ4v) is 3.99. The Hall–Kier alpha value is -3.29. The molecule has 1 aromatic heterocycles. The number of nitrogens with zero attached hydrogens (tertiary/aromatic N) is 3. The monoisotopic (exact) mass is 437 g/mol. The van der Waals surface area contributed by atoms with Crippen LogP contribution in [0.1, 0.15) is 23.7 Å². The summed E-state index contributed by atoms with van der Waals surface area (Å²) in [6.45, 7) is 3.37. The molecule has 0 bridgehead atoms. The first-order valence-electron chi connectivity index (χ1n) is 9.03. The topological polar surface area (TPSA) is 71.9 Å². The van der Waals surface area contributed by atoms with Crippen LogP contribution in [0.15, 0.2) is 64.6 Å². The van der Waals surface area contributed by atoms with Gasteiger partial charge in [-0.05, 0) is 42.8 Å². The van der Waals surface area contributed by atoms with Crippen molar-refractivity contribution in [3.8, 4) is 0 Å². The van der Waals surface area contributed by atoms with E-state index in [1.54, 1.807) is 35.7 Å². The molecule has 30 heavy (non-hydrogen) atoms. The molecule has 8 heteroatoms. The summed E-state index contributed by atoms with van der Waals surface area (Å²) in [6, 6.07) is 14.5. The van der Waals surface area contributed by atoms with Gasteiger partial charge in [-0.15, -0.1) is 11.3 Å². The Morgan fingerprint density at radius 3 is 2.73 bits per heavy atom. The maximum absolute atomic E-state index is 12.3. The molecule has 1 aliphatic heterocycles. The van der Waals surface area contributed by atoms with E-state index in [2.05, 4.69) is 9.98 Å². The Bertz CT molecular complexity index is 1220. The lowest BCUT2D eigenvalue weighted by atomic mass is 10.1. The number of aryl methyl sites for hydroxylation is 1. The van der Waals surface area contributed by atoms with Crippen LogP contribution < -0.4 is 4.90 Å². The Kier molecular flexibility index (Phi) is 5.48. The van der Waals surface area contributed by atoms with E-state index in [9.17, 15) is 9.59 Å². The van der Waals surface area contributed by atoms with Crippen molar-refractivity contribution in [2.45, 2.75) is 13.8 Å². The van der Waals surface area contributed by atoms with E-state index in [4.69, 9.17) is 16.3 Å². The van der Waals surface area contributed by atoms with Crippen molar-refractivity contribution in [3.05, 3.63) is 81.5 Å². The minimum atomic E-state index is -0.541. The first-order valence-corrected chi connectivity index (χ1v) is 10.3. The zero-order chi connectivity index (χ0) is 21.3. The van der Waals surface area contributed by atoms with Crippen LogP contribution in [-0.4, -0.2) is 22.8 Å². The fraction of sp³-hybridized carbons (Fsp3) is 0.0909. The van der Waals surface area contributed by atoms with Crippen molar-refractivity contribution in [1.29, 1.82) is 0 Å². The number of hydrogen-bond acceptors (Lipinski definition) is 6. The van der Waals surface area contributed by atoms with E-state index in [-0.39, 0.29) is 17.5 Å². The van der Waals surface area contributed by atoms with Crippen molar-refractivity contribution < 1.29 is 14.3 Å². The van der Waals surface area contributed by atoms with Gasteiger partial charge in [-0.3, -0.25) is 9.69 Å². The molecule has 6 nitrogen and oxygen atoms in total. The summed E-state index contributed by atoms with van der Waals surface area (Å²) in [5.74, 6) is -0.476. The quantitative estimate of drug-likeness (QED) is 0.418. The van der Waals surface area contributed by atoms with Crippen LogP contribution in [0.2, 0.25) is 5.02 Å². The third-order valence-corrected chi connectivity index (χ3v) is 5.44. The number of benzene rings is 2. The molecule has 4 rings (SSSR count). The van der Waals surface area contributed by atoms with Gasteiger partial charge in [0.15, 0.2) is 10.8 Å². The molecule has 0 unspecified atom stereocenters. The molecular formula is C22H16ClN3O3S. The van der Waals surface area contributed by atoms with Gasteiger partial charge in [0.05, 0.1) is 11.4 Å². The standard InChI is InChI=1S/C22H16ClN3O3S/c1-13-6-3-4-9-18(13)20-25-19(21(28)29-20)11-16-12-30-22(24-16)26(14(2)27)17-8-5-7-15(23)10-17/h3-12H,1-2H3/b19-11-. The maximum atomic E-state index is 12.3. The molecule has 2 aromatic carbocycles. The van der Waals surface area contributed by atoms with Crippen LogP contribution >= 0.6 is 22.9 Å². The largest absolute Gasteiger partial charge is 0.402 e. The minimum Gasteiger partial charge on any atom is -0.402 e. The zero-order valence-corrected chi connectivity index (χ0v) is 17.7. The van der Waals surface area contributed by atoms with Crippen LogP contribution in [-0.2, 0) is 14.3 Å². The summed E-state index contributed by atoms with van der Waals surface area (Å²) < 4.78 is 5.33. The molecule has 0 fully saturated rings. The molecule has 0 atom stereocenters. The van der Waals surface area contributed by atoms with E-state index >= 15 is 0 Å². The average Bonchev–Trinajstić information content (AvgIpc) is 3.29. The van der Waals surface area contributed by atoms with Crippen molar-refractivity contribution >= 4 is 57.6 Å². The molecule has 0 N–H and O–H groups in total. The van der Waals surface area contributed by atoms with Gasteiger partial charge in [-0.1, -0.05) is 35.9 Å². The number of aromatic nitrogens is 1. The number of rotatable bonds is 4. The highest BCUT2D eigenvalue weighted by Gasteiger charge is 2.26. The van der Waals surface area contributed by atoms with Crippen LogP contribution in [0.5, 0.6) is 0 Å². The molecule has 1 amide bonds. The van der Waals surface area contributed by atoms with Gasteiger partial charge >= 0.3 is 5.97 Å². The van der Waals surface area contributed by atoms with E-state index in [0.717, 1.165) is 11.1 Å². The number of thiazole rings is 1. The smallest absolute Gasteiger partial charge is 0.363 e. The van der Waals surface area contributed by atoms with Crippen LogP contribution in [0.3, 0.4) is 0 Å². The summed E-state index contributed by atoms with van der Waals surface area (Å²) >= 11 is 7.34. The Balaban J connectivity index is 1.65. The molecule has 2 heterocycles. The summed E-state index contributed by atoms with van der Waals surface area (Å²) in [5, 5.41) is 2.73. The first kappa shape index (κ1) is 20.0. The van der Waals surface area contributed by atoms with Crippen molar-refractivity contribution in [2.24, 2.45) is 4.99 Å². The van der Waals surface area contributed by atoms with E-state index in [1.165, 1.54) is 23.2 Å². The third-order valence-electron chi connectivity index (χ3n) is 4.36. The number of ether oxygens (including phenoxy) is 1. The SMILES string of the molecule is CC(=O)N(c1cccc(Cl)c1)c1nc(/C=C2\N=C(c3ccccc3C)OC2=O)cs1. The second-order valence-corrected chi connectivity index (χ2v) is 7.81. The molecule has 0 radical (unpaired) electrons. The molecule has 1 aliphatic rings. The molecular weight excluding hydrogens is 422 g/mol. The highest BCUT2D eigenvalue weighted by Crippen LogP contribution is 2.31. The Morgan fingerprint density at radius 2 is 2.00 bits per heavy atom. The van der Waals surface area contributed by atoms with Crippen molar-refractivity contribution in [1.82, 2.24) is 4.98 Å². The van der Waals surface area contributed by atoms with Gasteiger partial charge in [-0.25, -0.2) is 14.8 Å². The first-order chi connectivity index (χ1) is 14.4. The van der Waals surface area contributed by atoms with Crippen molar-refractivity contribution in [3.63, 3.8) is 0 Å². The van der Waals surface area contributed by atoms with E-state index in [0.29, 0.717) is 21.5 Å². The predicted molar refractivity (Wildman–Crippen MR) is 118 cm³/mol. The number of halogens is 1. The lowest BCUT2D eigenvalue weighted by Gasteiger charge is -2.18. The number of carbonyl (C=O) groups is 2. The second kappa shape index (κ2) is 8.22. The number of cyclic esters (lactones) is 1. The lowest BCUT2D eigenvalue weighted by molar-refractivity contribution is -0.130. The van der Waals surface area contributed by atoms with E-state index in [1.807, 2.05) is 31.2 Å². The number of carbonyl (C=O) groups excluding carboxylic acids is 2. The summed E-state index contributed by atoms with van der Waals surface area (Å²) in [6.07, 6.45) is 1.55. The molecule has 0 saturated heterocycles. The van der Waals surface area contributed by atoms with Gasteiger partial charge in [-0.2, -0.15) is 0 Å². The number of amides is 1. The Labute approximate surface area is 182 Å². The predicted octanol–water partition coefficient (Wildman–Crippen LogP) is 5.13. The summed E-state index contributed by atoms with van der Waals surface area (Å²) in [4.78, 5) is 34.8. The van der Waals surface area contributed by atoms with Crippen LogP contribution in [0.25, 0.3) is 6.08 Å². The van der Waals surface area contributed by atoms with Crippen LogP contribution in [0.4, 0.5) is 10.8 Å². The van der Waals surface area contributed by atoms with Gasteiger partial charge in [0.25, 0.3) is 0 Å². The Morgan fingerprint density at radius 1 is 1.20 bits per heavy atom. The molecule has 0 aliphatic carbocycles. The van der Waals surface area contributed by atoms with Crippen molar-refractivity contribution in [2.75, 3.05) is 4.90 Å². The fourth-order valence-electron chi connectivity index (χ4n) is 2.96. The number of hydrogen-bond donors (Lipinski definition) is 0. The second-order valence-electron chi connectivity index (χ2n) is 6.54. The highest BCUT2D eigenvalue weighted by atomic mass is 35.5. The molecule has 0 saturated carbocycles. The maximum Gasteiger partial charge on any atom is 0.363 e. The van der Waals surface area contributed by atoms with Gasteiger partial charge in [0, 0.05) is 22.9 Å². The molecule has 3 aromatic rings. The zero-order valence-electron chi connectivity index (χ0n) is 16.1. The lowest BCUT2D eigenvalue weighted by Crippen LogP contribution is -2.22. The van der Waals surface area contributed by atoms with E-state index < -0.39 is 5.97 Å². The summed E-state index contributed by atoms with van der Waals surface area (Å²) in [7, 11) is 0. The highest BCUT2D eigenvalue weighted by molar-refractivity contribution is 7.14. The normalized spacial score (nSPS) is 14.6. The van der Waals surface area contributed by atoms with Crippen LogP contribution in [0, 0.1) is 6.92 Å². The number of esters is 1. The van der Waals surface area contributed by atoms with Gasteiger partial charge in [0.2, 0.25) is 11.8 Å². The number of aliphatic imine (C=N–C) groups is 1. The van der Waals surface area contributed by atoms with Gasteiger partial charge < -0.3 is 4.74 Å². The summed E-state index contributed by atoms with van der Waals surface area (Å²) in [5.41, 5.74) is 2.99. The molecule has 150 valence electrons. The average molecular weight is 438 g/mol. The van der Waals surface area contributed by atoms with Gasteiger partial charge in [0.1, 0.15) is 0 Å². The minimum absolute atomic E-state index is 0.155. The third kappa shape index (κ3) is 4.03. The number of anilines is 2.